The van der Waals surface area contributed by atoms with Crippen molar-refractivity contribution in [1.29, 1.82) is 0 Å². The Hall–Kier alpha value is -6.13. The zero-order valence-electron chi connectivity index (χ0n) is 37.8. The van der Waals surface area contributed by atoms with E-state index in [0.29, 0.717) is 0 Å². The molecule has 11 rings (SSSR count). The number of nitrogens with zero attached hydrogens (tertiary/aromatic N) is 4. The molecule has 0 bridgehead atoms. The average Bonchev–Trinajstić information content (AvgIpc) is 3.93. The third-order valence-electron chi connectivity index (χ3n) is 13.6. The Bertz CT molecular complexity index is 3500. The maximum absolute atomic E-state index is 5.56. The summed E-state index contributed by atoms with van der Waals surface area (Å²) in [6.07, 6.45) is 2.18. The number of anilines is 3. The third kappa shape index (κ3) is 5.40. The molecule has 5 heterocycles. The average molecular weight is 797 g/mol. The largest absolute Gasteiger partial charge is 0.308 e. The van der Waals surface area contributed by atoms with Crippen LogP contribution in [0.5, 0.6) is 0 Å². The van der Waals surface area contributed by atoms with Gasteiger partial charge in [0.2, 0.25) is 0 Å². The number of hydrogen-bond donors (Lipinski definition) is 0. The topological polar surface area (TPSA) is 24.9 Å². The quantitative estimate of drug-likeness (QED) is 0.178. The molecule has 0 aliphatic carbocycles. The smallest absolute Gasteiger partial charge is 0.146 e. The van der Waals surface area contributed by atoms with E-state index in [2.05, 4.69) is 218 Å². The molecule has 6 aromatic carbocycles. The van der Waals surface area contributed by atoms with E-state index >= 15 is 0 Å². The highest BCUT2D eigenvalue weighted by Gasteiger charge is 2.31. The molecule has 5 aromatic heterocycles. The number of pyridine rings is 1. The van der Waals surface area contributed by atoms with E-state index in [4.69, 9.17) is 4.98 Å². The van der Waals surface area contributed by atoms with E-state index in [-0.39, 0.29) is 21.7 Å². The van der Waals surface area contributed by atoms with Crippen molar-refractivity contribution in [3.8, 4) is 0 Å². The molecule has 0 aliphatic heterocycles. The zero-order chi connectivity index (χ0) is 42.7. The van der Waals surface area contributed by atoms with E-state index in [1.165, 1.54) is 87.4 Å². The molecule has 0 saturated heterocycles. The molecule has 0 unspecified atom stereocenters. The lowest BCUT2D eigenvalue weighted by molar-refractivity contribution is 0.590. The van der Waals surface area contributed by atoms with Crippen LogP contribution in [0, 0.1) is 0 Å². The Labute approximate surface area is 359 Å². The van der Waals surface area contributed by atoms with Gasteiger partial charge in [-0.05, 0) is 117 Å². The SMILES string of the molecule is CC(C)(C)c1ccc2c(c1)c1cc(C(C)(C)C)cc3c4c5c6cc(C(C)(C)C)cc7c8cc(C(C)(C)C)cc(N(c9ccccc9)c9ccccc9)c8n(c5cnc4n2c13)c76. The van der Waals surface area contributed by atoms with Crippen LogP contribution in [-0.4, -0.2) is 13.8 Å². The molecule has 4 heteroatoms. The molecule has 11 aromatic rings. The third-order valence-corrected chi connectivity index (χ3v) is 13.6. The van der Waals surface area contributed by atoms with Crippen molar-refractivity contribution >= 4 is 93.4 Å². The molecule has 61 heavy (non-hydrogen) atoms. The van der Waals surface area contributed by atoms with Crippen LogP contribution >= 0.6 is 0 Å². The highest BCUT2D eigenvalue weighted by Crippen LogP contribution is 2.51. The number of para-hydroxylation sites is 2. The summed E-state index contributed by atoms with van der Waals surface area (Å²) in [4.78, 5) is 8.02. The second kappa shape index (κ2) is 12.3. The highest BCUT2D eigenvalue weighted by molar-refractivity contribution is 6.35. The molecular weight excluding hydrogens is 741 g/mol. The van der Waals surface area contributed by atoms with Crippen LogP contribution in [0.3, 0.4) is 0 Å². The van der Waals surface area contributed by atoms with E-state index in [0.717, 1.165) is 28.2 Å². The Morgan fingerprint density at radius 2 is 0.836 bits per heavy atom. The highest BCUT2D eigenvalue weighted by atomic mass is 15.2. The summed E-state index contributed by atoms with van der Waals surface area (Å²) in [5.41, 5.74) is 15.7. The molecule has 0 spiro atoms. The molecule has 0 N–H and O–H groups in total. The zero-order valence-corrected chi connectivity index (χ0v) is 37.8. The molecule has 0 aliphatic rings. The molecule has 0 amide bonds. The maximum Gasteiger partial charge on any atom is 0.146 e. The first kappa shape index (κ1) is 37.8. The van der Waals surface area contributed by atoms with Gasteiger partial charge in [0.15, 0.2) is 0 Å². The molecule has 0 radical (unpaired) electrons. The normalized spacial score (nSPS) is 13.6. The molecule has 0 fully saturated rings. The number of benzene rings is 6. The first-order valence-electron chi connectivity index (χ1n) is 22.1. The number of aromatic nitrogens is 3. The first-order chi connectivity index (χ1) is 28.8. The summed E-state index contributed by atoms with van der Waals surface area (Å²) in [7, 11) is 0. The number of fused-ring (bicyclic) bond motifs is 13. The van der Waals surface area contributed by atoms with Crippen LogP contribution in [0.1, 0.15) is 105 Å². The first-order valence-corrected chi connectivity index (χ1v) is 22.1. The van der Waals surface area contributed by atoms with Crippen LogP contribution in [0.25, 0.3) is 76.3 Å². The maximum atomic E-state index is 5.56. The van der Waals surface area contributed by atoms with Gasteiger partial charge in [-0.2, -0.15) is 0 Å². The van der Waals surface area contributed by atoms with Gasteiger partial charge in [0.1, 0.15) is 5.65 Å². The lowest BCUT2D eigenvalue weighted by Crippen LogP contribution is -2.15. The minimum Gasteiger partial charge on any atom is -0.308 e. The van der Waals surface area contributed by atoms with Gasteiger partial charge < -0.3 is 9.30 Å². The Kier molecular flexibility index (Phi) is 7.60. The number of rotatable bonds is 3. The monoisotopic (exact) mass is 796 g/mol. The summed E-state index contributed by atoms with van der Waals surface area (Å²) in [6, 6.07) is 43.7. The van der Waals surface area contributed by atoms with Crippen molar-refractivity contribution in [2.24, 2.45) is 0 Å². The fourth-order valence-corrected chi connectivity index (χ4v) is 10.1. The summed E-state index contributed by atoms with van der Waals surface area (Å²) in [5.74, 6) is 0. The van der Waals surface area contributed by atoms with Crippen LogP contribution in [0.2, 0.25) is 0 Å². The molecule has 0 saturated carbocycles. The molecule has 4 nitrogen and oxygen atoms in total. The summed E-state index contributed by atoms with van der Waals surface area (Å²) >= 11 is 0. The predicted octanol–water partition coefficient (Wildman–Crippen LogP) is 16.0. The van der Waals surface area contributed by atoms with Crippen molar-refractivity contribution in [2.45, 2.75) is 105 Å². The van der Waals surface area contributed by atoms with E-state index in [9.17, 15) is 0 Å². The summed E-state index contributed by atoms with van der Waals surface area (Å²) in [5, 5.41) is 10.3. The van der Waals surface area contributed by atoms with E-state index in [1.54, 1.807) is 0 Å². The molecular formula is C57H56N4. The molecule has 0 atom stereocenters. The van der Waals surface area contributed by atoms with Gasteiger partial charge in [0, 0.05) is 54.5 Å². The Morgan fingerprint density at radius 3 is 1.38 bits per heavy atom. The van der Waals surface area contributed by atoms with Crippen molar-refractivity contribution in [3.05, 3.63) is 144 Å². The van der Waals surface area contributed by atoms with Gasteiger partial charge in [0.25, 0.3) is 0 Å². The van der Waals surface area contributed by atoms with Gasteiger partial charge in [-0.15, -0.1) is 0 Å². The summed E-state index contributed by atoms with van der Waals surface area (Å²) in [6.45, 7) is 28.0. The van der Waals surface area contributed by atoms with Crippen molar-refractivity contribution in [2.75, 3.05) is 4.90 Å². The van der Waals surface area contributed by atoms with Crippen LogP contribution in [0.15, 0.2) is 121 Å². The van der Waals surface area contributed by atoms with Gasteiger partial charge >= 0.3 is 0 Å². The van der Waals surface area contributed by atoms with Crippen molar-refractivity contribution < 1.29 is 0 Å². The van der Waals surface area contributed by atoms with Crippen LogP contribution in [-0.2, 0) is 21.7 Å². The van der Waals surface area contributed by atoms with E-state index in [1.807, 2.05) is 0 Å². The number of hydrogen-bond acceptors (Lipinski definition) is 2. The molecule has 304 valence electrons. The fraction of sp³-hybridized carbons (Fsp3) is 0.281. The summed E-state index contributed by atoms with van der Waals surface area (Å²) < 4.78 is 5.04. The van der Waals surface area contributed by atoms with Gasteiger partial charge in [-0.1, -0.05) is 126 Å². The Morgan fingerprint density at radius 1 is 0.393 bits per heavy atom. The van der Waals surface area contributed by atoms with Gasteiger partial charge in [0.05, 0.1) is 39.5 Å². The minimum absolute atomic E-state index is 0.0387. The van der Waals surface area contributed by atoms with Crippen LogP contribution < -0.4 is 4.90 Å². The van der Waals surface area contributed by atoms with Gasteiger partial charge in [-0.25, -0.2) is 4.98 Å². The standard InChI is InChI=1S/C57H56N4/c1-54(2,3)33-23-24-45-39(25-33)40-26-34(55(4,5)6)30-44-49-48-43-29-35(56(7,8)9)27-41-42-28-36(57(10,11)12)31-46(59(37-19-15-13-16-20-37)38-21-17-14-18-22-38)52(42)60(50(41)43)47(48)32-58-53(49)61(45)51(40)44/h13-32H,1-12H3. The van der Waals surface area contributed by atoms with Gasteiger partial charge in [-0.3, -0.25) is 4.40 Å². The second-order valence-corrected chi connectivity index (χ2v) is 21.9. The minimum atomic E-state index is -0.0847. The lowest BCUT2D eigenvalue weighted by atomic mass is 9.83. The van der Waals surface area contributed by atoms with E-state index < -0.39 is 0 Å². The van der Waals surface area contributed by atoms with Crippen LogP contribution in [0.4, 0.5) is 17.1 Å². The second-order valence-electron chi connectivity index (χ2n) is 21.9. The van der Waals surface area contributed by atoms with Crippen molar-refractivity contribution in [1.82, 2.24) is 13.8 Å². The predicted molar refractivity (Wildman–Crippen MR) is 263 cm³/mol. The van der Waals surface area contributed by atoms with Crippen molar-refractivity contribution in [3.63, 3.8) is 0 Å². The Balaban J connectivity index is 1.38. The lowest BCUT2D eigenvalue weighted by Gasteiger charge is -2.29. The fourth-order valence-electron chi connectivity index (χ4n) is 10.1.